The Bertz CT molecular complexity index is 1200. The van der Waals surface area contributed by atoms with E-state index in [0.29, 0.717) is 25.0 Å². The Labute approximate surface area is 312 Å². The highest BCUT2D eigenvalue weighted by Gasteiger charge is 2.47. The minimum Gasteiger partial charge on any atom is -0.461 e. The summed E-state index contributed by atoms with van der Waals surface area (Å²) >= 11 is 0. The molecule has 9 atom stereocenters. The van der Waals surface area contributed by atoms with E-state index < -0.39 is 22.4 Å². The molecule has 0 aromatic heterocycles. The maximum absolute atomic E-state index is 12.8. The summed E-state index contributed by atoms with van der Waals surface area (Å²) in [4.78, 5) is 12.8. The highest BCUT2D eigenvalue weighted by atomic mass is 28.4. The Morgan fingerprint density at radius 1 is 1.02 bits per heavy atom. The molecule has 292 valence electrons. The average Bonchev–Trinajstić information content (AvgIpc) is 3.10. The fraction of sp³-hybridized carbons (Fsp3) is 0.829. The van der Waals surface area contributed by atoms with E-state index in [9.17, 15) is 4.79 Å². The smallest absolute Gasteiger partial charge is 0.308 e. The maximum Gasteiger partial charge on any atom is 0.308 e. The predicted octanol–water partition coefficient (Wildman–Crippen LogP) is 9.67. The van der Waals surface area contributed by atoms with Crippen LogP contribution in [0.5, 0.6) is 0 Å². The van der Waals surface area contributed by atoms with Crippen LogP contribution in [-0.2, 0) is 43.9 Å². The summed E-state index contributed by atoms with van der Waals surface area (Å²) in [5.41, 5.74) is 0.981. The van der Waals surface area contributed by atoms with Gasteiger partial charge in [-0.25, -0.2) is 0 Å². The van der Waals surface area contributed by atoms with Crippen molar-refractivity contribution in [2.24, 2.45) is 17.8 Å². The topological polar surface area (TPSA) is 81.7 Å². The number of fused-ring (bicyclic) bond motifs is 1. The van der Waals surface area contributed by atoms with Gasteiger partial charge < -0.3 is 32.5 Å². The number of methoxy groups -OCH3 is 1. The van der Waals surface area contributed by atoms with E-state index in [-0.39, 0.29) is 60.5 Å². The van der Waals surface area contributed by atoms with Crippen LogP contribution in [0.25, 0.3) is 0 Å². The lowest BCUT2D eigenvalue weighted by molar-refractivity contribution is -0.290. The van der Waals surface area contributed by atoms with Crippen molar-refractivity contribution in [3.63, 3.8) is 0 Å². The van der Waals surface area contributed by atoms with Crippen LogP contribution in [0.4, 0.5) is 0 Å². The number of carbonyl (C=O) groups excluding carboxylic acids is 1. The molecule has 2 unspecified atom stereocenters. The average molecular weight is 749 g/mol. The van der Waals surface area contributed by atoms with E-state index in [4.69, 9.17) is 32.5 Å². The molecule has 51 heavy (non-hydrogen) atoms. The zero-order valence-electron chi connectivity index (χ0n) is 34.0. The third kappa shape index (κ3) is 11.4. The van der Waals surface area contributed by atoms with Gasteiger partial charge in [0.15, 0.2) is 22.4 Å². The van der Waals surface area contributed by atoms with Gasteiger partial charge >= 0.3 is 5.97 Å². The number of hydrogen-bond donors (Lipinski definition) is 0. The Hall–Kier alpha value is -1.12. The molecule has 0 spiro atoms. The maximum atomic E-state index is 12.8. The van der Waals surface area contributed by atoms with Gasteiger partial charge in [0, 0.05) is 32.3 Å². The second kappa shape index (κ2) is 18.5. The third-order valence-electron chi connectivity index (χ3n) is 12.8. The van der Waals surface area contributed by atoms with E-state index in [1.165, 1.54) is 0 Å². The SMILES string of the molecule is CC[Si](CC)(CC)OC(CO[Si](C)(C)C(C)(C)C)[C@@H]1C[C@H]2O[C@@H]([C@@H](C)C[C@]3(OC)C[C@H](C)CC(CC(=O)OCc4ccccc4)O3)CC[C@H]2CO1. The van der Waals surface area contributed by atoms with Crippen LogP contribution in [0.1, 0.15) is 106 Å². The molecule has 1 aromatic rings. The minimum absolute atomic E-state index is 0.0446. The van der Waals surface area contributed by atoms with Crippen molar-refractivity contribution in [2.45, 2.75) is 180 Å². The monoisotopic (exact) mass is 748 g/mol. The van der Waals surface area contributed by atoms with Gasteiger partial charge in [0.1, 0.15) is 6.61 Å². The third-order valence-corrected chi connectivity index (χ3v) is 22.0. The second-order valence-electron chi connectivity index (χ2n) is 17.6. The van der Waals surface area contributed by atoms with Gasteiger partial charge in [-0.3, -0.25) is 4.79 Å². The van der Waals surface area contributed by atoms with E-state index >= 15 is 0 Å². The van der Waals surface area contributed by atoms with Gasteiger partial charge in [-0.05, 0) is 72.9 Å². The number of ether oxygens (including phenoxy) is 5. The van der Waals surface area contributed by atoms with Gasteiger partial charge in [-0.1, -0.05) is 85.7 Å². The number of hydrogen-bond acceptors (Lipinski definition) is 8. The van der Waals surface area contributed by atoms with Crippen molar-refractivity contribution in [3.8, 4) is 0 Å². The quantitative estimate of drug-likeness (QED) is 0.115. The van der Waals surface area contributed by atoms with Gasteiger partial charge in [0.25, 0.3) is 0 Å². The molecule has 0 amide bonds. The summed E-state index contributed by atoms with van der Waals surface area (Å²) in [7, 11) is -2.13. The summed E-state index contributed by atoms with van der Waals surface area (Å²) in [5.74, 6) is -0.0149. The summed E-state index contributed by atoms with van der Waals surface area (Å²) < 4.78 is 46.2. The highest BCUT2D eigenvalue weighted by molar-refractivity contribution is 6.74. The van der Waals surface area contributed by atoms with Crippen LogP contribution in [-0.4, -0.2) is 79.2 Å². The molecule has 3 saturated heterocycles. The van der Waals surface area contributed by atoms with Crippen LogP contribution >= 0.6 is 0 Å². The lowest BCUT2D eigenvalue weighted by atomic mass is 9.80. The number of benzene rings is 1. The number of esters is 1. The molecule has 0 N–H and O–H groups in total. The summed E-state index contributed by atoms with van der Waals surface area (Å²) in [6.07, 6.45) is 5.31. The Morgan fingerprint density at radius 3 is 2.33 bits per heavy atom. The highest BCUT2D eigenvalue weighted by Crippen LogP contribution is 2.43. The zero-order chi connectivity index (χ0) is 37.5. The van der Waals surface area contributed by atoms with Gasteiger partial charge in [-0.2, -0.15) is 0 Å². The van der Waals surface area contributed by atoms with E-state index in [1.54, 1.807) is 7.11 Å². The molecular weight excluding hydrogens is 677 g/mol. The Kier molecular flexibility index (Phi) is 15.4. The van der Waals surface area contributed by atoms with Gasteiger partial charge in [0.2, 0.25) is 0 Å². The molecule has 8 nitrogen and oxygen atoms in total. The van der Waals surface area contributed by atoms with Gasteiger partial charge in [-0.15, -0.1) is 0 Å². The lowest BCUT2D eigenvalue weighted by Gasteiger charge is -2.48. The fourth-order valence-corrected chi connectivity index (χ4v) is 12.1. The molecule has 3 aliphatic heterocycles. The fourth-order valence-electron chi connectivity index (χ4n) is 8.21. The molecule has 4 rings (SSSR count). The van der Waals surface area contributed by atoms with Gasteiger partial charge in [0.05, 0.1) is 50.2 Å². The van der Waals surface area contributed by atoms with E-state index in [2.05, 4.69) is 68.5 Å². The predicted molar refractivity (Wildman–Crippen MR) is 209 cm³/mol. The van der Waals surface area contributed by atoms with Crippen LogP contribution in [0, 0.1) is 17.8 Å². The second-order valence-corrected chi connectivity index (χ2v) is 27.1. The van der Waals surface area contributed by atoms with E-state index in [1.807, 2.05) is 30.3 Å². The first-order chi connectivity index (χ1) is 24.1. The first-order valence-corrected chi connectivity index (χ1v) is 25.5. The Balaban J connectivity index is 1.39. The van der Waals surface area contributed by atoms with Crippen LogP contribution < -0.4 is 0 Å². The first kappa shape index (κ1) is 42.6. The number of carbonyl (C=O) groups is 1. The van der Waals surface area contributed by atoms with Crippen LogP contribution in [0.2, 0.25) is 36.3 Å². The molecule has 0 bridgehead atoms. The zero-order valence-corrected chi connectivity index (χ0v) is 36.0. The van der Waals surface area contributed by atoms with Crippen molar-refractivity contribution in [2.75, 3.05) is 20.3 Å². The summed E-state index contributed by atoms with van der Waals surface area (Å²) in [6.45, 7) is 24.5. The molecule has 0 aliphatic carbocycles. The largest absolute Gasteiger partial charge is 0.461 e. The summed E-state index contributed by atoms with van der Waals surface area (Å²) in [5, 5.41) is 0.131. The Morgan fingerprint density at radius 2 is 1.71 bits per heavy atom. The molecule has 3 fully saturated rings. The van der Waals surface area contributed by atoms with Crippen molar-refractivity contribution in [1.29, 1.82) is 0 Å². The first-order valence-electron chi connectivity index (χ1n) is 20.1. The standard InChI is InChI=1S/C41H72O8Si2/c1-12-51(13-2,14-3)49-38(29-46-50(10,11)40(6,7)8)37-24-36-33(28-44-37)20-21-35(47-36)31(5)26-41(43-9)25-30(4)22-34(48-41)23-39(42)45-27-32-18-16-15-17-19-32/h15-19,30-31,33-38H,12-14,20-29H2,1-11H3/t30-,31+,33+,34?,35-,36-,37+,38?,41+/m1/s1. The molecular formula is C41H72O8Si2. The molecule has 0 radical (unpaired) electrons. The van der Waals surface area contributed by atoms with Crippen molar-refractivity contribution >= 4 is 22.6 Å². The molecule has 0 saturated carbocycles. The van der Waals surface area contributed by atoms with E-state index in [0.717, 1.165) is 62.2 Å². The van der Waals surface area contributed by atoms with Crippen LogP contribution in [0.15, 0.2) is 30.3 Å². The normalized spacial score (nSPS) is 30.3. The van der Waals surface area contributed by atoms with Crippen molar-refractivity contribution < 1.29 is 37.3 Å². The lowest BCUT2D eigenvalue weighted by Crippen LogP contribution is -2.55. The van der Waals surface area contributed by atoms with Crippen molar-refractivity contribution in [1.82, 2.24) is 0 Å². The van der Waals surface area contributed by atoms with Crippen molar-refractivity contribution in [3.05, 3.63) is 35.9 Å². The molecule has 1 aromatic carbocycles. The minimum atomic E-state index is -1.97. The number of rotatable bonds is 17. The molecule has 3 aliphatic rings. The summed E-state index contributed by atoms with van der Waals surface area (Å²) in [6, 6.07) is 13.1. The molecule has 3 heterocycles. The molecule has 10 heteroatoms. The van der Waals surface area contributed by atoms with Crippen LogP contribution in [0.3, 0.4) is 0 Å².